The van der Waals surface area contributed by atoms with Gasteiger partial charge in [-0.05, 0) is 6.92 Å². The number of methoxy groups -OCH3 is 4. The molecule has 0 saturated carbocycles. The maximum Gasteiger partial charge on any atom is 0.287 e. The Morgan fingerprint density at radius 2 is 1.50 bits per heavy atom. The molecule has 0 radical (unpaired) electrons. The third kappa shape index (κ3) is 3.89. The topological polar surface area (TPSA) is 46.2 Å². The van der Waals surface area contributed by atoms with E-state index in [0.717, 1.165) is 0 Å². The van der Waals surface area contributed by atoms with Crippen molar-refractivity contribution in [3.8, 4) is 0 Å². The molecule has 0 aliphatic heterocycles. The molecule has 5 nitrogen and oxygen atoms in total. The Labute approximate surface area is 85.2 Å². The van der Waals surface area contributed by atoms with Gasteiger partial charge in [-0.25, -0.2) is 0 Å². The first kappa shape index (κ1) is 13.8. The summed E-state index contributed by atoms with van der Waals surface area (Å²) in [6.07, 6.45) is -0.0673. The number of rotatable bonds is 8. The van der Waals surface area contributed by atoms with Gasteiger partial charge in [0, 0.05) is 35.0 Å². The van der Waals surface area contributed by atoms with Crippen molar-refractivity contribution in [2.75, 3.05) is 35.0 Å². The highest BCUT2D eigenvalue weighted by Crippen LogP contribution is 2.21. The zero-order valence-corrected chi connectivity index (χ0v) is 9.53. The number of ether oxygens (including phenoxy) is 5. The van der Waals surface area contributed by atoms with Crippen LogP contribution < -0.4 is 0 Å². The summed E-state index contributed by atoms with van der Waals surface area (Å²) >= 11 is 0. The van der Waals surface area contributed by atoms with Gasteiger partial charge in [-0.2, -0.15) is 0 Å². The van der Waals surface area contributed by atoms with Crippen molar-refractivity contribution in [3.05, 3.63) is 0 Å². The summed E-state index contributed by atoms with van der Waals surface area (Å²) in [6, 6.07) is 0. The molecule has 0 fully saturated rings. The van der Waals surface area contributed by atoms with Crippen LogP contribution in [0.15, 0.2) is 0 Å². The lowest BCUT2D eigenvalue weighted by Crippen LogP contribution is -2.41. The predicted octanol–water partition coefficient (Wildman–Crippen LogP) is 0.978. The van der Waals surface area contributed by atoms with E-state index in [-0.39, 0.29) is 0 Å². The third-order valence-corrected chi connectivity index (χ3v) is 1.93. The molecule has 0 aliphatic carbocycles. The minimum atomic E-state index is -1.09. The van der Waals surface area contributed by atoms with Crippen LogP contribution in [0.1, 0.15) is 13.3 Å². The lowest BCUT2D eigenvalue weighted by Gasteiger charge is -2.32. The molecule has 0 aromatic carbocycles. The average molecular weight is 208 g/mol. The maximum atomic E-state index is 5.36. The van der Waals surface area contributed by atoms with Crippen LogP contribution in [-0.2, 0) is 23.7 Å². The lowest BCUT2D eigenvalue weighted by molar-refractivity contribution is -0.379. The molecule has 0 unspecified atom stereocenters. The molecule has 0 atom stereocenters. The molecule has 0 spiro atoms. The highest BCUT2D eigenvalue weighted by Gasteiger charge is 2.34. The SMILES string of the molecule is CCOC(CC(OC)OC)(OC)OC. The normalized spacial score (nSPS) is 12.4. The van der Waals surface area contributed by atoms with E-state index in [1.165, 1.54) is 14.2 Å². The largest absolute Gasteiger partial charge is 0.356 e. The number of hydrogen-bond acceptors (Lipinski definition) is 5. The van der Waals surface area contributed by atoms with Gasteiger partial charge in [-0.1, -0.05) is 0 Å². The van der Waals surface area contributed by atoms with Crippen LogP contribution in [0.3, 0.4) is 0 Å². The molecule has 0 rings (SSSR count). The van der Waals surface area contributed by atoms with Crippen molar-refractivity contribution < 1.29 is 23.7 Å². The molecule has 0 aliphatic rings. The van der Waals surface area contributed by atoms with Crippen LogP contribution in [0.5, 0.6) is 0 Å². The second-order valence-corrected chi connectivity index (χ2v) is 2.63. The molecular weight excluding hydrogens is 188 g/mol. The monoisotopic (exact) mass is 208 g/mol. The zero-order valence-electron chi connectivity index (χ0n) is 9.53. The Morgan fingerprint density at radius 3 is 1.79 bits per heavy atom. The van der Waals surface area contributed by atoms with Crippen LogP contribution in [0.25, 0.3) is 0 Å². The molecular formula is C9H20O5. The summed E-state index contributed by atoms with van der Waals surface area (Å²) in [5, 5.41) is 0. The molecule has 14 heavy (non-hydrogen) atoms. The smallest absolute Gasteiger partial charge is 0.287 e. The molecule has 5 heteroatoms. The standard InChI is InChI=1S/C9H20O5/c1-6-14-9(12-4,13-5)7-8(10-2)11-3/h8H,6-7H2,1-5H3. The summed E-state index contributed by atoms with van der Waals surface area (Å²) < 4.78 is 25.8. The van der Waals surface area contributed by atoms with Crippen molar-refractivity contribution in [1.82, 2.24) is 0 Å². The van der Waals surface area contributed by atoms with Gasteiger partial charge in [0.2, 0.25) is 0 Å². The van der Waals surface area contributed by atoms with Gasteiger partial charge in [0.25, 0.3) is 5.97 Å². The molecule has 0 aromatic heterocycles. The quantitative estimate of drug-likeness (QED) is 0.556. The van der Waals surface area contributed by atoms with Gasteiger partial charge in [0.05, 0.1) is 6.42 Å². The molecule has 0 heterocycles. The predicted molar refractivity (Wildman–Crippen MR) is 50.8 cm³/mol. The highest BCUT2D eigenvalue weighted by atomic mass is 16.9. The van der Waals surface area contributed by atoms with Crippen LogP contribution in [0, 0.1) is 0 Å². The average Bonchev–Trinajstić information content (AvgIpc) is 2.24. The Balaban J connectivity index is 4.31. The first-order valence-corrected chi connectivity index (χ1v) is 4.47. The summed E-state index contributed by atoms with van der Waals surface area (Å²) in [5.41, 5.74) is 0. The Bertz CT molecular complexity index is 131. The zero-order chi connectivity index (χ0) is 11.0. The van der Waals surface area contributed by atoms with Gasteiger partial charge >= 0.3 is 0 Å². The molecule has 0 saturated heterocycles. The summed E-state index contributed by atoms with van der Waals surface area (Å²) in [4.78, 5) is 0. The maximum absolute atomic E-state index is 5.36. The van der Waals surface area contributed by atoms with Crippen LogP contribution in [0.2, 0.25) is 0 Å². The van der Waals surface area contributed by atoms with Crippen molar-refractivity contribution in [2.45, 2.75) is 25.6 Å². The minimum Gasteiger partial charge on any atom is -0.356 e. The van der Waals surface area contributed by atoms with Crippen molar-refractivity contribution in [1.29, 1.82) is 0 Å². The number of hydrogen-bond donors (Lipinski definition) is 0. The minimum absolute atomic E-state index is 0.348. The summed E-state index contributed by atoms with van der Waals surface area (Å²) in [5.74, 6) is -1.09. The van der Waals surface area contributed by atoms with E-state index >= 15 is 0 Å². The summed E-state index contributed by atoms with van der Waals surface area (Å²) in [7, 11) is 6.13. The van der Waals surface area contributed by atoms with Crippen molar-refractivity contribution in [3.63, 3.8) is 0 Å². The Morgan fingerprint density at radius 1 is 1.00 bits per heavy atom. The van der Waals surface area contributed by atoms with E-state index < -0.39 is 12.3 Å². The van der Waals surface area contributed by atoms with E-state index in [1.54, 1.807) is 14.2 Å². The van der Waals surface area contributed by atoms with Crippen molar-refractivity contribution in [2.24, 2.45) is 0 Å². The van der Waals surface area contributed by atoms with Gasteiger partial charge in [0.15, 0.2) is 6.29 Å². The Hall–Kier alpha value is -0.200. The van der Waals surface area contributed by atoms with E-state index in [9.17, 15) is 0 Å². The van der Waals surface area contributed by atoms with Crippen LogP contribution in [-0.4, -0.2) is 47.3 Å². The first-order valence-electron chi connectivity index (χ1n) is 4.47. The third-order valence-electron chi connectivity index (χ3n) is 1.93. The van der Waals surface area contributed by atoms with Crippen LogP contribution >= 0.6 is 0 Å². The molecule has 0 amide bonds. The molecule has 0 bridgehead atoms. The summed E-state index contributed by atoms with van der Waals surface area (Å²) in [6.45, 7) is 2.35. The molecule has 86 valence electrons. The van der Waals surface area contributed by atoms with Crippen LogP contribution in [0.4, 0.5) is 0 Å². The molecule has 0 aromatic rings. The van der Waals surface area contributed by atoms with Gasteiger partial charge < -0.3 is 23.7 Å². The highest BCUT2D eigenvalue weighted by molar-refractivity contribution is 4.59. The fraction of sp³-hybridized carbons (Fsp3) is 1.00. The van der Waals surface area contributed by atoms with Gasteiger partial charge in [-0.3, -0.25) is 0 Å². The molecule has 0 N–H and O–H groups in total. The van der Waals surface area contributed by atoms with E-state index in [2.05, 4.69) is 0 Å². The first-order chi connectivity index (χ1) is 6.67. The second-order valence-electron chi connectivity index (χ2n) is 2.63. The Kier molecular flexibility index (Phi) is 7.04. The fourth-order valence-electron chi connectivity index (χ4n) is 1.11. The van der Waals surface area contributed by atoms with Crippen molar-refractivity contribution >= 4 is 0 Å². The fourth-order valence-corrected chi connectivity index (χ4v) is 1.11. The van der Waals surface area contributed by atoms with Gasteiger partial charge in [0.1, 0.15) is 0 Å². The van der Waals surface area contributed by atoms with E-state index in [1.807, 2.05) is 6.92 Å². The van der Waals surface area contributed by atoms with E-state index in [0.29, 0.717) is 13.0 Å². The lowest BCUT2D eigenvalue weighted by atomic mass is 10.3. The second kappa shape index (κ2) is 7.14. The van der Waals surface area contributed by atoms with E-state index in [4.69, 9.17) is 23.7 Å². The van der Waals surface area contributed by atoms with Gasteiger partial charge in [-0.15, -0.1) is 0 Å².